The first-order chi connectivity index (χ1) is 7.59. The fraction of sp³-hybridized carbons (Fsp3) is 0.0833. The Balaban J connectivity index is 2.46. The van der Waals surface area contributed by atoms with Gasteiger partial charge in [-0.2, -0.15) is 0 Å². The predicted molar refractivity (Wildman–Crippen MR) is 71.6 cm³/mol. The van der Waals surface area contributed by atoms with Crippen molar-refractivity contribution in [2.24, 2.45) is 0 Å². The number of hydrogen-bond acceptors (Lipinski definition) is 2. The van der Waals surface area contributed by atoms with Gasteiger partial charge in [0.1, 0.15) is 0 Å². The molecule has 0 saturated carbocycles. The first kappa shape index (κ1) is 11.8. The smallest absolute Gasteiger partial charge is 0.205 e. The summed E-state index contributed by atoms with van der Waals surface area (Å²) in [5.74, 6) is -0.0353. The van der Waals surface area contributed by atoms with Gasteiger partial charge in [-0.1, -0.05) is 17.7 Å². The molecule has 16 heavy (non-hydrogen) atoms. The van der Waals surface area contributed by atoms with Crippen molar-refractivity contribution in [3.05, 3.63) is 55.1 Å². The number of carbonyl (C=O) groups is 1. The van der Waals surface area contributed by atoms with E-state index in [0.717, 1.165) is 10.0 Å². The molecule has 1 heterocycles. The van der Waals surface area contributed by atoms with Crippen LogP contribution < -0.4 is 0 Å². The van der Waals surface area contributed by atoms with Crippen LogP contribution >= 0.6 is 38.9 Å². The summed E-state index contributed by atoms with van der Waals surface area (Å²) in [6.07, 6.45) is 0. The molecule has 0 aliphatic heterocycles. The second-order valence-corrected chi connectivity index (χ2v) is 5.59. The average molecular weight is 316 g/mol. The van der Waals surface area contributed by atoms with E-state index in [2.05, 4.69) is 15.9 Å². The predicted octanol–water partition coefficient (Wildman–Crippen LogP) is 4.70. The Morgan fingerprint density at radius 2 is 2.12 bits per heavy atom. The van der Waals surface area contributed by atoms with E-state index in [1.54, 1.807) is 12.1 Å². The van der Waals surface area contributed by atoms with Crippen LogP contribution in [0.2, 0.25) is 5.02 Å². The third-order valence-corrected chi connectivity index (χ3v) is 4.34. The molecule has 0 N–H and O–H groups in total. The molecule has 0 amide bonds. The summed E-state index contributed by atoms with van der Waals surface area (Å²) < 4.78 is 0.819. The third-order valence-electron chi connectivity index (χ3n) is 2.19. The zero-order valence-electron chi connectivity index (χ0n) is 8.46. The monoisotopic (exact) mass is 314 g/mol. The van der Waals surface area contributed by atoms with Gasteiger partial charge in [0, 0.05) is 10.0 Å². The summed E-state index contributed by atoms with van der Waals surface area (Å²) in [7, 11) is 0. The molecular weight excluding hydrogens is 308 g/mol. The number of rotatable bonds is 2. The van der Waals surface area contributed by atoms with Gasteiger partial charge >= 0.3 is 0 Å². The Hall–Kier alpha value is -0.640. The molecule has 2 rings (SSSR count). The van der Waals surface area contributed by atoms with Crippen LogP contribution in [0.4, 0.5) is 0 Å². The standard InChI is InChI=1S/C12H8BrClOS/c1-7-2-3-8(10(14)6-7)11(15)12-9(13)4-5-16-12/h2-6H,1H3. The normalized spacial score (nSPS) is 10.4. The van der Waals surface area contributed by atoms with Gasteiger partial charge in [0.15, 0.2) is 0 Å². The van der Waals surface area contributed by atoms with Crippen LogP contribution in [0.25, 0.3) is 0 Å². The number of carbonyl (C=O) groups excluding carboxylic acids is 1. The highest BCUT2D eigenvalue weighted by Gasteiger charge is 2.16. The number of hydrogen-bond donors (Lipinski definition) is 0. The van der Waals surface area contributed by atoms with Gasteiger partial charge in [0.25, 0.3) is 0 Å². The van der Waals surface area contributed by atoms with Gasteiger partial charge in [0.05, 0.1) is 9.90 Å². The van der Waals surface area contributed by atoms with Crippen molar-refractivity contribution < 1.29 is 4.79 Å². The second kappa shape index (κ2) is 4.70. The summed E-state index contributed by atoms with van der Waals surface area (Å²) in [6, 6.07) is 7.32. The molecule has 2 aromatic rings. The lowest BCUT2D eigenvalue weighted by molar-refractivity contribution is 0.104. The number of aryl methyl sites for hydroxylation is 1. The third kappa shape index (κ3) is 2.21. The first-order valence-electron chi connectivity index (χ1n) is 4.63. The number of thiophene rings is 1. The van der Waals surface area contributed by atoms with E-state index in [4.69, 9.17) is 11.6 Å². The molecule has 0 saturated heterocycles. The maximum absolute atomic E-state index is 12.2. The largest absolute Gasteiger partial charge is 0.288 e. The quantitative estimate of drug-likeness (QED) is 0.734. The van der Waals surface area contributed by atoms with Gasteiger partial charge < -0.3 is 0 Å². The zero-order chi connectivity index (χ0) is 11.7. The zero-order valence-corrected chi connectivity index (χ0v) is 11.6. The minimum atomic E-state index is -0.0353. The molecule has 1 aromatic carbocycles. The molecule has 4 heteroatoms. The highest BCUT2D eigenvalue weighted by Crippen LogP contribution is 2.28. The van der Waals surface area contributed by atoms with Gasteiger partial charge in [-0.15, -0.1) is 11.3 Å². The topological polar surface area (TPSA) is 17.1 Å². The first-order valence-corrected chi connectivity index (χ1v) is 6.68. The van der Waals surface area contributed by atoms with Crippen molar-refractivity contribution in [1.29, 1.82) is 0 Å². The van der Waals surface area contributed by atoms with E-state index in [0.29, 0.717) is 15.5 Å². The van der Waals surface area contributed by atoms with Crippen molar-refractivity contribution >= 4 is 44.7 Å². The SMILES string of the molecule is Cc1ccc(C(=O)c2sccc2Br)c(Cl)c1. The maximum Gasteiger partial charge on any atom is 0.205 e. The lowest BCUT2D eigenvalue weighted by Gasteiger charge is -2.03. The minimum absolute atomic E-state index is 0.0353. The van der Waals surface area contributed by atoms with Crippen molar-refractivity contribution in [3.8, 4) is 0 Å². The van der Waals surface area contributed by atoms with E-state index in [9.17, 15) is 4.79 Å². The highest BCUT2D eigenvalue weighted by atomic mass is 79.9. The molecule has 0 fully saturated rings. The van der Waals surface area contributed by atoms with Crippen molar-refractivity contribution in [2.45, 2.75) is 6.92 Å². The van der Waals surface area contributed by atoms with Crippen molar-refractivity contribution in [1.82, 2.24) is 0 Å². The summed E-state index contributed by atoms with van der Waals surface area (Å²) in [5.41, 5.74) is 1.60. The van der Waals surface area contributed by atoms with E-state index in [1.165, 1.54) is 11.3 Å². The van der Waals surface area contributed by atoms with Crippen LogP contribution in [0.15, 0.2) is 34.1 Å². The fourth-order valence-electron chi connectivity index (χ4n) is 1.38. The van der Waals surface area contributed by atoms with Crippen LogP contribution in [0.3, 0.4) is 0 Å². The Morgan fingerprint density at radius 3 is 2.69 bits per heavy atom. The van der Waals surface area contributed by atoms with E-state index < -0.39 is 0 Å². The van der Waals surface area contributed by atoms with E-state index in [-0.39, 0.29) is 5.78 Å². The van der Waals surface area contributed by atoms with Gasteiger partial charge in [-0.3, -0.25) is 4.79 Å². The average Bonchev–Trinajstić information content (AvgIpc) is 2.63. The number of benzene rings is 1. The number of ketones is 1. The molecule has 0 atom stereocenters. The Labute approximate surface area is 111 Å². The molecule has 0 unspecified atom stereocenters. The molecular formula is C12H8BrClOS. The minimum Gasteiger partial charge on any atom is -0.288 e. The molecule has 0 bridgehead atoms. The van der Waals surface area contributed by atoms with Gasteiger partial charge in [0.2, 0.25) is 5.78 Å². The Kier molecular flexibility index (Phi) is 3.47. The maximum atomic E-state index is 12.2. The van der Waals surface area contributed by atoms with Crippen molar-refractivity contribution in [2.75, 3.05) is 0 Å². The van der Waals surface area contributed by atoms with Crippen LogP contribution in [0.1, 0.15) is 20.8 Å². The summed E-state index contributed by atoms with van der Waals surface area (Å²) in [5, 5.41) is 2.38. The summed E-state index contributed by atoms with van der Waals surface area (Å²) >= 11 is 10.8. The molecule has 0 radical (unpaired) electrons. The lowest BCUT2D eigenvalue weighted by atomic mass is 10.1. The molecule has 0 spiro atoms. The van der Waals surface area contributed by atoms with E-state index in [1.807, 2.05) is 24.4 Å². The van der Waals surface area contributed by atoms with Crippen LogP contribution in [-0.2, 0) is 0 Å². The van der Waals surface area contributed by atoms with Crippen molar-refractivity contribution in [3.63, 3.8) is 0 Å². The highest BCUT2D eigenvalue weighted by molar-refractivity contribution is 9.10. The molecule has 0 aliphatic carbocycles. The van der Waals surface area contributed by atoms with Gasteiger partial charge in [-0.25, -0.2) is 0 Å². The summed E-state index contributed by atoms with van der Waals surface area (Å²) in [4.78, 5) is 12.8. The Morgan fingerprint density at radius 1 is 1.38 bits per heavy atom. The summed E-state index contributed by atoms with van der Waals surface area (Å²) in [6.45, 7) is 1.95. The molecule has 82 valence electrons. The molecule has 1 aromatic heterocycles. The van der Waals surface area contributed by atoms with Crippen LogP contribution in [0, 0.1) is 6.92 Å². The number of halogens is 2. The second-order valence-electron chi connectivity index (χ2n) is 3.41. The van der Waals surface area contributed by atoms with Crippen LogP contribution in [-0.4, -0.2) is 5.78 Å². The lowest BCUT2D eigenvalue weighted by Crippen LogP contribution is -2.00. The molecule has 1 nitrogen and oxygen atoms in total. The molecule has 0 aliphatic rings. The fourth-order valence-corrected chi connectivity index (χ4v) is 3.21. The van der Waals surface area contributed by atoms with Crippen LogP contribution in [0.5, 0.6) is 0 Å². The Bertz CT molecular complexity index is 548. The van der Waals surface area contributed by atoms with E-state index >= 15 is 0 Å². The van der Waals surface area contributed by atoms with Gasteiger partial charge in [-0.05, 0) is 52.0 Å².